The van der Waals surface area contributed by atoms with Gasteiger partial charge in [-0.25, -0.2) is 0 Å². The average Bonchev–Trinajstić information content (AvgIpc) is 3.40. The molecule has 0 bridgehead atoms. The molecule has 9 nitrogen and oxygen atoms in total. The number of allylic oxidation sites excluding steroid dienone is 10. The number of rotatable bonds is 60. The lowest BCUT2D eigenvalue weighted by molar-refractivity contribution is -0.870. The van der Waals surface area contributed by atoms with Gasteiger partial charge in [-0.15, -0.1) is 0 Å². The predicted molar refractivity (Wildman–Crippen MR) is 325 cm³/mol. The van der Waals surface area contributed by atoms with E-state index >= 15 is 0 Å². The average molecular weight is 1080 g/mol. The second kappa shape index (κ2) is 59.1. The summed E-state index contributed by atoms with van der Waals surface area (Å²) in [6.07, 6.45) is 73.6. The molecule has 9 heteroatoms. The summed E-state index contributed by atoms with van der Waals surface area (Å²) in [5, 5.41) is 11.7. The predicted octanol–water partition coefficient (Wildman–Crippen LogP) is 18.2. The minimum Gasteiger partial charge on any atom is -0.545 e. The highest BCUT2D eigenvalue weighted by Gasteiger charge is 2.22. The number of esters is 2. The van der Waals surface area contributed by atoms with E-state index in [9.17, 15) is 19.5 Å². The third-order valence-electron chi connectivity index (χ3n) is 14.3. The number of likely N-dealkylation sites (N-methyl/N-ethyl adjacent to an activating group) is 1. The Bertz CT molecular complexity index is 1450. The number of nitrogens with zero attached hydrogens (tertiary/aromatic N) is 1. The molecule has 0 aromatic heterocycles. The van der Waals surface area contributed by atoms with Crippen LogP contribution in [-0.2, 0) is 33.3 Å². The zero-order valence-corrected chi connectivity index (χ0v) is 51.1. The van der Waals surface area contributed by atoms with Crippen molar-refractivity contribution in [3.05, 3.63) is 60.8 Å². The van der Waals surface area contributed by atoms with Crippen molar-refractivity contribution in [2.75, 3.05) is 47.5 Å². The zero-order valence-electron chi connectivity index (χ0n) is 51.1. The molecular formula is C68H123NO8. The van der Waals surface area contributed by atoms with Gasteiger partial charge in [0.05, 0.1) is 40.3 Å². The molecule has 0 radical (unpaired) electrons. The van der Waals surface area contributed by atoms with Gasteiger partial charge in [-0.2, -0.15) is 0 Å². The number of ether oxygens (including phenoxy) is 4. The van der Waals surface area contributed by atoms with Crippen LogP contribution in [0, 0.1) is 0 Å². The summed E-state index contributed by atoms with van der Waals surface area (Å²) >= 11 is 0. The zero-order chi connectivity index (χ0) is 56.2. The maximum atomic E-state index is 12.8. The summed E-state index contributed by atoms with van der Waals surface area (Å²) in [6.45, 7) is 4.57. The molecule has 0 aliphatic heterocycles. The summed E-state index contributed by atoms with van der Waals surface area (Å²) in [4.78, 5) is 37.2. The van der Waals surface area contributed by atoms with Crippen LogP contribution in [0.15, 0.2) is 60.8 Å². The van der Waals surface area contributed by atoms with E-state index in [2.05, 4.69) is 62.5 Å². The molecule has 0 aromatic rings. The van der Waals surface area contributed by atoms with Crippen LogP contribution in [0.4, 0.5) is 0 Å². The summed E-state index contributed by atoms with van der Waals surface area (Å²) in [5.74, 6) is -2.38. The number of quaternary nitrogens is 1. The number of carboxylic acid groups (broad SMARTS) is 1. The second-order valence-electron chi connectivity index (χ2n) is 23.0. The largest absolute Gasteiger partial charge is 0.545 e. The van der Waals surface area contributed by atoms with Gasteiger partial charge in [0.15, 0.2) is 12.4 Å². The molecule has 2 unspecified atom stereocenters. The van der Waals surface area contributed by atoms with Gasteiger partial charge < -0.3 is 33.3 Å². The van der Waals surface area contributed by atoms with Gasteiger partial charge >= 0.3 is 11.9 Å². The van der Waals surface area contributed by atoms with Crippen LogP contribution < -0.4 is 5.11 Å². The molecule has 0 fully saturated rings. The van der Waals surface area contributed by atoms with E-state index in [4.69, 9.17) is 18.9 Å². The normalized spacial score (nSPS) is 13.1. The van der Waals surface area contributed by atoms with E-state index in [1.54, 1.807) is 0 Å². The molecule has 0 aliphatic carbocycles. The quantitative estimate of drug-likeness (QED) is 0.0195. The SMILES string of the molecule is CC/C=C\C/C=C\C/C=C\C/C=C\CCC(=O)OC(COC(=O)CCCCCCCCCCCCCCCCCCCCCCCCCCCCC/C=C\CCCCCCCCCC)COC(OCC[N+](C)(C)C)C(=O)[O-]. The van der Waals surface area contributed by atoms with Crippen LogP contribution >= 0.6 is 0 Å². The summed E-state index contributed by atoms with van der Waals surface area (Å²) in [6, 6.07) is 0. The highest BCUT2D eigenvalue weighted by Crippen LogP contribution is 2.18. The smallest absolute Gasteiger partial charge is 0.306 e. The summed E-state index contributed by atoms with van der Waals surface area (Å²) in [7, 11) is 5.90. The standard InChI is InChI=1S/C68H123NO8/c1-6-8-10-12-14-16-18-20-21-22-23-24-25-26-27-28-29-30-31-32-33-34-35-36-37-38-39-40-41-42-43-44-45-47-48-50-52-54-56-58-65(70)75-62-64(63-76-68(67(72)73)74-61-60-69(3,4)5)77-66(71)59-57-55-53-51-49-46-19-17-15-13-11-9-7-2/h9,11,15,17,22-23,46,49,53,55,64,68H,6-8,10,12-14,16,18-21,24-45,47-48,50-52,54,56-63H2,1-5H3/b11-9-,17-15-,23-22-,49-46-,55-53-. The summed E-state index contributed by atoms with van der Waals surface area (Å²) < 4.78 is 22.6. The topological polar surface area (TPSA) is 111 Å². The molecule has 0 aliphatic rings. The van der Waals surface area contributed by atoms with Crippen molar-refractivity contribution in [3.8, 4) is 0 Å². The van der Waals surface area contributed by atoms with Gasteiger partial charge in [-0.05, 0) is 64.2 Å². The van der Waals surface area contributed by atoms with Crippen LogP contribution in [-0.4, -0.2) is 82.3 Å². The van der Waals surface area contributed by atoms with E-state index in [1.807, 2.05) is 33.3 Å². The van der Waals surface area contributed by atoms with Gasteiger partial charge in [0.1, 0.15) is 13.2 Å². The van der Waals surface area contributed by atoms with E-state index < -0.39 is 24.3 Å². The van der Waals surface area contributed by atoms with Gasteiger partial charge in [-0.3, -0.25) is 9.59 Å². The first-order valence-electron chi connectivity index (χ1n) is 32.4. The van der Waals surface area contributed by atoms with Crippen molar-refractivity contribution >= 4 is 17.9 Å². The number of aliphatic carboxylic acids is 1. The first-order valence-corrected chi connectivity index (χ1v) is 32.4. The van der Waals surface area contributed by atoms with Crippen molar-refractivity contribution in [2.24, 2.45) is 0 Å². The van der Waals surface area contributed by atoms with Crippen LogP contribution in [0.25, 0.3) is 0 Å². The van der Waals surface area contributed by atoms with Crippen molar-refractivity contribution in [1.29, 1.82) is 0 Å². The summed E-state index contributed by atoms with van der Waals surface area (Å²) in [5.41, 5.74) is 0. The van der Waals surface area contributed by atoms with Crippen LogP contribution in [0.5, 0.6) is 0 Å². The Hall–Kier alpha value is -3.01. The Balaban J connectivity index is 3.92. The van der Waals surface area contributed by atoms with E-state index in [1.165, 1.54) is 218 Å². The van der Waals surface area contributed by atoms with Crippen LogP contribution in [0.3, 0.4) is 0 Å². The molecule has 448 valence electrons. The van der Waals surface area contributed by atoms with Crippen molar-refractivity contribution in [1.82, 2.24) is 0 Å². The Morgan fingerprint density at radius 2 is 0.766 bits per heavy atom. The molecule has 0 amide bonds. The Kier molecular flexibility index (Phi) is 56.8. The number of carbonyl (C=O) groups excluding carboxylic acids is 3. The fourth-order valence-corrected chi connectivity index (χ4v) is 9.31. The molecule has 0 spiro atoms. The number of carboxylic acids is 1. The Morgan fingerprint density at radius 3 is 1.16 bits per heavy atom. The molecule has 0 rings (SSSR count). The van der Waals surface area contributed by atoms with Gasteiger partial charge in [0, 0.05) is 12.8 Å². The first-order chi connectivity index (χ1) is 37.6. The van der Waals surface area contributed by atoms with E-state index in [0.29, 0.717) is 17.4 Å². The molecule has 2 atom stereocenters. The third kappa shape index (κ3) is 60.5. The fourth-order valence-electron chi connectivity index (χ4n) is 9.31. The van der Waals surface area contributed by atoms with Gasteiger partial charge in [-0.1, -0.05) is 280 Å². The number of carbonyl (C=O) groups is 3. The number of unbranched alkanes of at least 4 members (excludes halogenated alkanes) is 35. The number of hydrogen-bond donors (Lipinski definition) is 0. The first kappa shape index (κ1) is 74.0. The maximum absolute atomic E-state index is 12.8. The molecule has 0 N–H and O–H groups in total. The molecule has 0 saturated carbocycles. The Morgan fingerprint density at radius 1 is 0.403 bits per heavy atom. The maximum Gasteiger partial charge on any atom is 0.306 e. The van der Waals surface area contributed by atoms with Crippen LogP contribution in [0.1, 0.15) is 296 Å². The minimum absolute atomic E-state index is 0.127. The highest BCUT2D eigenvalue weighted by atomic mass is 16.7. The van der Waals surface area contributed by atoms with Crippen molar-refractivity contribution < 1.29 is 42.9 Å². The molecule has 0 aromatic carbocycles. The van der Waals surface area contributed by atoms with Crippen molar-refractivity contribution in [2.45, 2.75) is 309 Å². The van der Waals surface area contributed by atoms with Crippen molar-refractivity contribution in [3.63, 3.8) is 0 Å². The monoisotopic (exact) mass is 1080 g/mol. The molecular weight excluding hydrogens is 959 g/mol. The minimum atomic E-state index is -1.64. The molecule has 0 saturated heterocycles. The lowest BCUT2D eigenvalue weighted by atomic mass is 10.0. The highest BCUT2D eigenvalue weighted by molar-refractivity contribution is 5.70. The fraction of sp³-hybridized carbons (Fsp3) is 0.809. The van der Waals surface area contributed by atoms with E-state index in [0.717, 1.165) is 44.9 Å². The third-order valence-corrected chi connectivity index (χ3v) is 14.3. The Labute approximate surface area is 475 Å². The molecule has 0 heterocycles. The second-order valence-corrected chi connectivity index (χ2v) is 23.0. The lowest BCUT2D eigenvalue weighted by Gasteiger charge is -2.26. The van der Waals surface area contributed by atoms with E-state index in [-0.39, 0.29) is 38.6 Å². The molecule has 77 heavy (non-hydrogen) atoms. The number of hydrogen-bond acceptors (Lipinski definition) is 8. The van der Waals surface area contributed by atoms with Gasteiger partial charge in [0.25, 0.3) is 0 Å². The van der Waals surface area contributed by atoms with Crippen LogP contribution in [0.2, 0.25) is 0 Å². The van der Waals surface area contributed by atoms with Gasteiger partial charge in [0.2, 0.25) is 0 Å². The lowest BCUT2D eigenvalue weighted by Crippen LogP contribution is -2.44.